The van der Waals surface area contributed by atoms with Gasteiger partial charge in [-0.25, -0.2) is 9.78 Å². The molecule has 0 radical (unpaired) electrons. The van der Waals surface area contributed by atoms with Gasteiger partial charge in [0.2, 0.25) is 0 Å². The van der Waals surface area contributed by atoms with Crippen LogP contribution in [0.2, 0.25) is 0 Å². The van der Waals surface area contributed by atoms with E-state index in [0.717, 1.165) is 5.01 Å². The van der Waals surface area contributed by atoms with Crippen LogP contribution in [0.25, 0.3) is 0 Å². The zero-order valence-electron chi connectivity index (χ0n) is 12.1. The number of rotatable bonds is 5. The molecule has 1 amide bonds. The lowest BCUT2D eigenvalue weighted by atomic mass is 9.99. The van der Waals surface area contributed by atoms with E-state index in [2.05, 4.69) is 26.2 Å². The van der Waals surface area contributed by atoms with Crippen molar-refractivity contribution in [2.45, 2.75) is 25.8 Å². The van der Waals surface area contributed by atoms with Gasteiger partial charge >= 0.3 is 5.97 Å². The molecule has 1 aromatic heterocycles. The summed E-state index contributed by atoms with van der Waals surface area (Å²) in [5.41, 5.74) is -0.230. The molecule has 2 aromatic rings. The van der Waals surface area contributed by atoms with Gasteiger partial charge in [0, 0.05) is 21.6 Å². The van der Waals surface area contributed by atoms with Crippen LogP contribution in [0.5, 0.6) is 0 Å². The SMILES string of the molecule is CCC(C)(NC(=O)c1cc(Br)cc(C(=O)O)c1)c1nccs1. The number of carbonyl (C=O) groups excluding carboxylic acids is 1. The highest BCUT2D eigenvalue weighted by Gasteiger charge is 2.29. The lowest BCUT2D eigenvalue weighted by molar-refractivity contribution is 0.0697. The lowest BCUT2D eigenvalue weighted by Gasteiger charge is -2.27. The van der Waals surface area contributed by atoms with Gasteiger partial charge in [0.1, 0.15) is 5.01 Å². The first-order valence-electron chi connectivity index (χ1n) is 6.62. The molecular weight excluding hydrogens is 368 g/mol. The summed E-state index contributed by atoms with van der Waals surface area (Å²) in [6, 6.07) is 4.42. The number of aromatic carboxylic acids is 1. The van der Waals surface area contributed by atoms with E-state index in [9.17, 15) is 9.59 Å². The number of carboxylic acids is 1. The van der Waals surface area contributed by atoms with Crippen molar-refractivity contribution < 1.29 is 14.7 Å². The number of benzene rings is 1. The van der Waals surface area contributed by atoms with E-state index in [4.69, 9.17) is 5.11 Å². The second kappa shape index (κ2) is 6.58. The summed E-state index contributed by atoms with van der Waals surface area (Å²) in [6.07, 6.45) is 2.37. The molecule has 1 heterocycles. The summed E-state index contributed by atoms with van der Waals surface area (Å²) in [6.45, 7) is 3.87. The van der Waals surface area contributed by atoms with Gasteiger partial charge < -0.3 is 10.4 Å². The van der Waals surface area contributed by atoms with Crippen LogP contribution < -0.4 is 5.32 Å². The Labute approximate surface area is 140 Å². The predicted molar refractivity (Wildman–Crippen MR) is 88.3 cm³/mol. The van der Waals surface area contributed by atoms with E-state index >= 15 is 0 Å². The molecule has 1 aromatic carbocycles. The number of hydrogen-bond acceptors (Lipinski definition) is 4. The summed E-state index contributed by atoms with van der Waals surface area (Å²) < 4.78 is 0.546. The van der Waals surface area contributed by atoms with Crippen molar-refractivity contribution in [2.24, 2.45) is 0 Å². The highest BCUT2D eigenvalue weighted by Crippen LogP contribution is 2.27. The van der Waals surface area contributed by atoms with E-state index in [1.807, 2.05) is 19.2 Å². The monoisotopic (exact) mass is 382 g/mol. The Balaban J connectivity index is 2.30. The third-order valence-corrected chi connectivity index (χ3v) is 4.90. The molecule has 5 nitrogen and oxygen atoms in total. The zero-order chi connectivity index (χ0) is 16.3. The average molecular weight is 383 g/mol. The van der Waals surface area contributed by atoms with Gasteiger partial charge in [-0.05, 0) is 31.5 Å². The van der Waals surface area contributed by atoms with Gasteiger partial charge in [0.25, 0.3) is 5.91 Å². The summed E-state index contributed by atoms with van der Waals surface area (Å²) in [7, 11) is 0. The van der Waals surface area contributed by atoms with Crippen molar-refractivity contribution >= 4 is 39.1 Å². The molecule has 0 bridgehead atoms. The Morgan fingerprint density at radius 2 is 2.05 bits per heavy atom. The molecule has 0 saturated heterocycles. The maximum absolute atomic E-state index is 12.5. The molecule has 1 unspecified atom stereocenters. The molecule has 116 valence electrons. The molecule has 2 rings (SSSR count). The van der Waals surface area contributed by atoms with Crippen LogP contribution in [0, 0.1) is 0 Å². The molecule has 0 aliphatic rings. The van der Waals surface area contributed by atoms with Crippen LogP contribution >= 0.6 is 27.3 Å². The van der Waals surface area contributed by atoms with E-state index < -0.39 is 11.5 Å². The number of hydrogen-bond donors (Lipinski definition) is 2. The minimum absolute atomic E-state index is 0.0620. The fourth-order valence-corrected chi connectivity index (χ4v) is 3.28. The zero-order valence-corrected chi connectivity index (χ0v) is 14.5. The predicted octanol–water partition coefficient (Wildman–Crippen LogP) is 3.66. The van der Waals surface area contributed by atoms with Gasteiger partial charge in [0.15, 0.2) is 0 Å². The van der Waals surface area contributed by atoms with Crippen molar-refractivity contribution in [3.05, 3.63) is 50.4 Å². The number of carbonyl (C=O) groups is 2. The maximum atomic E-state index is 12.5. The van der Waals surface area contributed by atoms with Crippen LogP contribution in [0.4, 0.5) is 0 Å². The topological polar surface area (TPSA) is 79.3 Å². The largest absolute Gasteiger partial charge is 0.478 e. The summed E-state index contributed by atoms with van der Waals surface area (Å²) in [5.74, 6) is -1.41. The second-order valence-electron chi connectivity index (χ2n) is 5.01. The molecular formula is C15H15BrN2O3S. The average Bonchev–Trinajstić information content (AvgIpc) is 3.01. The molecule has 0 fully saturated rings. The minimum atomic E-state index is -1.08. The Bertz CT molecular complexity index is 703. The number of thiazole rings is 1. The van der Waals surface area contributed by atoms with Gasteiger partial charge in [-0.15, -0.1) is 11.3 Å². The molecule has 7 heteroatoms. The van der Waals surface area contributed by atoms with Crippen molar-refractivity contribution in [1.82, 2.24) is 10.3 Å². The maximum Gasteiger partial charge on any atom is 0.335 e. The Morgan fingerprint density at radius 3 is 2.59 bits per heavy atom. The Hall–Kier alpha value is -1.73. The summed E-state index contributed by atoms with van der Waals surface area (Å²) in [5, 5.41) is 14.7. The highest BCUT2D eigenvalue weighted by molar-refractivity contribution is 9.10. The minimum Gasteiger partial charge on any atom is -0.478 e. The smallest absolute Gasteiger partial charge is 0.335 e. The van der Waals surface area contributed by atoms with E-state index in [1.165, 1.54) is 23.5 Å². The highest BCUT2D eigenvalue weighted by atomic mass is 79.9. The standard InChI is InChI=1S/C15H15BrN2O3S/c1-3-15(2,14-17-4-5-22-14)18-12(19)9-6-10(13(20)21)8-11(16)7-9/h4-8H,3H2,1-2H3,(H,18,19)(H,20,21). The Kier molecular flexibility index (Phi) is 4.97. The van der Waals surface area contributed by atoms with Crippen molar-refractivity contribution in [3.63, 3.8) is 0 Å². The lowest BCUT2D eigenvalue weighted by Crippen LogP contribution is -2.43. The van der Waals surface area contributed by atoms with Crippen molar-refractivity contribution in [1.29, 1.82) is 0 Å². The molecule has 0 saturated carbocycles. The fraction of sp³-hybridized carbons (Fsp3) is 0.267. The van der Waals surface area contributed by atoms with Crippen LogP contribution in [-0.4, -0.2) is 22.0 Å². The van der Waals surface area contributed by atoms with E-state index in [1.54, 1.807) is 12.3 Å². The second-order valence-corrected chi connectivity index (χ2v) is 6.82. The summed E-state index contributed by atoms with van der Waals surface area (Å²) >= 11 is 4.71. The van der Waals surface area contributed by atoms with Crippen LogP contribution in [0.3, 0.4) is 0 Å². The number of nitrogens with one attached hydrogen (secondary N) is 1. The first-order valence-corrected chi connectivity index (χ1v) is 8.29. The van der Waals surface area contributed by atoms with Crippen LogP contribution in [0.15, 0.2) is 34.2 Å². The first-order chi connectivity index (χ1) is 10.4. The molecule has 22 heavy (non-hydrogen) atoms. The molecule has 2 N–H and O–H groups in total. The number of amides is 1. The van der Waals surface area contributed by atoms with E-state index in [-0.39, 0.29) is 11.5 Å². The van der Waals surface area contributed by atoms with Gasteiger partial charge in [-0.3, -0.25) is 4.79 Å². The van der Waals surface area contributed by atoms with Crippen molar-refractivity contribution in [3.8, 4) is 0 Å². The Morgan fingerprint density at radius 1 is 1.36 bits per heavy atom. The van der Waals surface area contributed by atoms with Gasteiger partial charge in [-0.2, -0.15) is 0 Å². The number of halogens is 1. The van der Waals surface area contributed by atoms with Crippen LogP contribution in [-0.2, 0) is 5.54 Å². The molecule has 0 spiro atoms. The molecule has 1 atom stereocenters. The third-order valence-electron chi connectivity index (χ3n) is 3.41. The summed E-state index contributed by atoms with van der Waals surface area (Å²) in [4.78, 5) is 27.9. The van der Waals surface area contributed by atoms with E-state index in [0.29, 0.717) is 16.5 Å². The third kappa shape index (κ3) is 3.53. The fourth-order valence-electron chi connectivity index (χ4n) is 1.96. The first kappa shape index (κ1) is 16.6. The van der Waals surface area contributed by atoms with Gasteiger partial charge in [0.05, 0.1) is 11.1 Å². The number of aromatic nitrogens is 1. The quantitative estimate of drug-likeness (QED) is 0.826. The normalized spacial score (nSPS) is 13.4. The number of carboxylic acid groups (broad SMARTS) is 1. The number of nitrogens with zero attached hydrogens (tertiary/aromatic N) is 1. The molecule has 0 aliphatic carbocycles. The van der Waals surface area contributed by atoms with Crippen LogP contribution in [0.1, 0.15) is 46.0 Å². The van der Waals surface area contributed by atoms with Gasteiger partial charge in [-0.1, -0.05) is 22.9 Å². The van der Waals surface area contributed by atoms with Crippen molar-refractivity contribution in [2.75, 3.05) is 0 Å². The molecule has 0 aliphatic heterocycles.